The van der Waals surface area contributed by atoms with Crippen LogP contribution in [0.5, 0.6) is 5.75 Å². The van der Waals surface area contributed by atoms with E-state index in [9.17, 15) is 17.6 Å². The molecule has 32 heavy (non-hydrogen) atoms. The fourth-order valence-electron chi connectivity index (χ4n) is 3.15. The van der Waals surface area contributed by atoms with Crippen molar-refractivity contribution in [2.75, 3.05) is 0 Å². The predicted molar refractivity (Wildman–Crippen MR) is 119 cm³/mol. The standard InChI is InChI=1S/C27H22F4O/c1-2-3-4-5-6-20-7-9-21(10-8-20)11-12-22-13-15-23(16-14-22)24-17-18-26(25(28)19-24)32-27(29,30)31/h2,7-10,13-19H,1,3-6H2. The van der Waals surface area contributed by atoms with Crippen molar-refractivity contribution in [1.82, 2.24) is 0 Å². The molecule has 0 saturated carbocycles. The Morgan fingerprint density at radius 2 is 1.41 bits per heavy atom. The van der Waals surface area contributed by atoms with Gasteiger partial charge in [0.2, 0.25) is 0 Å². The fourth-order valence-corrected chi connectivity index (χ4v) is 3.15. The molecule has 0 spiro atoms. The number of alkyl halides is 3. The van der Waals surface area contributed by atoms with Crippen LogP contribution in [0.1, 0.15) is 36.0 Å². The van der Waals surface area contributed by atoms with Crippen LogP contribution in [0.25, 0.3) is 11.1 Å². The van der Waals surface area contributed by atoms with Crippen molar-refractivity contribution in [3.05, 3.63) is 102 Å². The molecule has 0 N–H and O–H groups in total. The van der Waals surface area contributed by atoms with Gasteiger partial charge in [-0.1, -0.05) is 48.2 Å². The van der Waals surface area contributed by atoms with E-state index in [-0.39, 0.29) is 0 Å². The zero-order valence-corrected chi connectivity index (χ0v) is 17.4. The van der Waals surface area contributed by atoms with E-state index in [4.69, 9.17) is 0 Å². The predicted octanol–water partition coefficient (Wildman–Crippen LogP) is 7.69. The highest BCUT2D eigenvalue weighted by Crippen LogP contribution is 2.29. The molecule has 3 aromatic carbocycles. The van der Waals surface area contributed by atoms with Crippen LogP contribution in [0.2, 0.25) is 0 Å². The first-order chi connectivity index (χ1) is 15.3. The highest BCUT2D eigenvalue weighted by molar-refractivity contribution is 5.65. The Bertz CT molecular complexity index is 1100. The lowest BCUT2D eigenvalue weighted by molar-refractivity contribution is -0.275. The van der Waals surface area contributed by atoms with Crippen molar-refractivity contribution < 1.29 is 22.3 Å². The second-order valence-electron chi connectivity index (χ2n) is 7.25. The van der Waals surface area contributed by atoms with Crippen LogP contribution in [0.15, 0.2) is 79.4 Å². The topological polar surface area (TPSA) is 9.23 Å². The molecule has 3 aromatic rings. The Kier molecular flexibility index (Phi) is 7.72. The Labute approximate surface area is 185 Å². The molecule has 0 radical (unpaired) electrons. The summed E-state index contributed by atoms with van der Waals surface area (Å²) < 4.78 is 54.4. The van der Waals surface area contributed by atoms with Gasteiger partial charge in [-0.25, -0.2) is 4.39 Å². The summed E-state index contributed by atoms with van der Waals surface area (Å²) >= 11 is 0. The summed E-state index contributed by atoms with van der Waals surface area (Å²) in [5.41, 5.74) is 4.07. The molecular formula is C27H22F4O. The molecule has 0 amide bonds. The Hall–Kier alpha value is -3.52. The van der Waals surface area contributed by atoms with Gasteiger partial charge in [-0.3, -0.25) is 0 Å². The molecule has 0 fully saturated rings. The number of aryl methyl sites for hydroxylation is 1. The van der Waals surface area contributed by atoms with Crippen molar-refractivity contribution in [3.63, 3.8) is 0 Å². The van der Waals surface area contributed by atoms with Gasteiger partial charge in [0.25, 0.3) is 0 Å². The zero-order chi connectivity index (χ0) is 23.0. The van der Waals surface area contributed by atoms with Crippen molar-refractivity contribution in [3.8, 4) is 28.7 Å². The van der Waals surface area contributed by atoms with E-state index in [0.717, 1.165) is 48.9 Å². The third-order valence-electron chi connectivity index (χ3n) is 4.80. The largest absolute Gasteiger partial charge is 0.573 e. The maximum absolute atomic E-state index is 13.9. The van der Waals surface area contributed by atoms with Gasteiger partial charge in [0.05, 0.1) is 0 Å². The van der Waals surface area contributed by atoms with Gasteiger partial charge in [0.1, 0.15) is 0 Å². The molecular weight excluding hydrogens is 416 g/mol. The number of halogens is 4. The first kappa shape index (κ1) is 23.1. The van der Waals surface area contributed by atoms with E-state index in [0.29, 0.717) is 11.1 Å². The minimum absolute atomic E-state index is 0.445. The van der Waals surface area contributed by atoms with Gasteiger partial charge in [-0.05, 0) is 78.8 Å². The molecule has 164 valence electrons. The smallest absolute Gasteiger partial charge is 0.403 e. The van der Waals surface area contributed by atoms with Gasteiger partial charge in [-0.15, -0.1) is 19.8 Å². The molecule has 0 aromatic heterocycles. The quantitative estimate of drug-likeness (QED) is 0.159. The zero-order valence-electron chi connectivity index (χ0n) is 17.4. The summed E-state index contributed by atoms with van der Waals surface area (Å²) in [6, 6.07) is 18.6. The minimum Gasteiger partial charge on any atom is -0.403 e. The highest BCUT2D eigenvalue weighted by atomic mass is 19.4. The lowest BCUT2D eigenvalue weighted by Gasteiger charge is -2.10. The number of hydrogen-bond acceptors (Lipinski definition) is 1. The number of ether oxygens (including phenoxy) is 1. The van der Waals surface area contributed by atoms with Crippen molar-refractivity contribution in [2.24, 2.45) is 0 Å². The fraction of sp³-hybridized carbons (Fsp3) is 0.185. The molecule has 0 unspecified atom stereocenters. The average molecular weight is 438 g/mol. The molecule has 3 rings (SSSR count). The molecule has 0 aliphatic carbocycles. The maximum Gasteiger partial charge on any atom is 0.573 e. The van der Waals surface area contributed by atoms with Crippen LogP contribution in [0, 0.1) is 17.7 Å². The summed E-state index contributed by atoms with van der Waals surface area (Å²) in [6.45, 7) is 3.73. The van der Waals surface area contributed by atoms with Gasteiger partial charge >= 0.3 is 6.36 Å². The van der Waals surface area contributed by atoms with Crippen LogP contribution in [-0.2, 0) is 6.42 Å². The van der Waals surface area contributed by atoms with Crippen LogP contribution in [0.4, 0.5) is 17.6 Å². The Balaban J connectivity index is 1.64. The van der Waals surface area contributed by atoms with Gasteiger partial charge in [0.15, 0.2) is 11.6 Å². The third kappa shape index (κ3) is 7.02. The summed E-state index contributed by atoms with van der Waals surface area (Å²) in [7, 11) is 0. The van der Waals surface area contributed by atoms with Crippen LogP contribution < -0.4 is 4.74 Å². The van der Waals surface area contributed by atoms with E-state index >= 15 is 0 Å². The first-order valence-corrected chi connectivity index (χ1v) is 10.2. The Morgan fingerprint density at radius 1 is 0.812 bits per heavy atom. The first-order valence-electron chi connectivity index (χ1n) is 10.2. The number of rotatable bonds is 7. The number of allylic oxidation sites excluding steroid dienone is 1. The van der Waals surface area contributed by atoms with Gasteiger partial charge in [0, 0.05) is 11.1 Å². The van der Waals surface area contributed by atoms with Crippen LogP contribution in [0.3, 0.4) is 0 Å². The number of unbranched alkanes of at least 4 members (excludes halogenated alkanes) is 2. The van der Waals surface area contributed by atoms with E-state index < -0.39 is 17.9 Å². The molecule has 1 nitrogen and oxygen atoms in total. The average Bonchev–Trinajstić information content (AvgIpc) is 2.77. The molecule has 0 aliphatic rings. The molecule has 0 heterocycles. The molecule has 0 aliphatic heterocycles. The lowest BCUT2D eigenvalue weighted by atomic mass is 10.0. The second kappa shape index (κ2) is 10.7. The molecule has 0 bridgehead atoms. The van der Waals surface area contributed by atoms with E-state index in [2.05, 4.69) is 35.3 Å². The molecule has 0 saturated heterocycles. The SMILES string of the molecule is C=CCCCCc1ccc(C#Cc2ccc(-c3ccc(OC(F)(F)F)c(F)c3)cc2)cc1. The summed E-state index contributed by atoms with van der Waals surface area (Å²) in [4.78, 5) is 0. The monoisotopic (exact) mass is 438 g/mol. The van der Waals surface area contributed by atoms with E-state index in [1.807, 2.05) is 18.2 Å². The van der Waals surface area contributed by atoms with Crippen LogP contribution in [-0.4, -0.2) is 6.36 Å². The summed E-state index contributed by atoms with van der Waals surface area (Å²) in [5, 5.41) is 0. The van der Waals surface area contributed by atoms with Crippen molar-refractivity contribution >= 4 is 0 Å². The minimum atomic E-state index is -4.94. The van der Waals surface area contributed by atoms with Crippen LogP contribution >= 0.6 is 0 Å². The maximum atomic E-state index is 13.9. The van der Waals surface area contributed by atoms with E-state index in [1.165, 1.54) is 11.6 Å². The lowest BCUT2D eigenvalue weighted by Crippen LogP contribution is -2.17. The highest BCUT2D eigenvalue weighted by Gasteiger charge is 2.32. The van der Waals surface area contributed by atoms with Crippen molar-refractivity contribution in [1.29, 1.82) is 0 Å². The van der Waals surface area contributed by atoms with Crippen molar-refractivity contribution in [2.45, 2.75) is 32.0 Å². The van der Waals surface area contributed by atoms with E-state index in [1.54, 1.807) is 24.3 Å². The number of hydrogen-bond donors (Lipinski definition) is 0. The van der Waals surface area contributed by atoms with Gasteiger partial charge in [-0.2, -0.15) is 0 Å². The second-order valence-corrected chi connectivity index (χ2v) is 7.25. The molecule has 5 heteroatoms. The molecule has 0 atom stereocenters. The summed E-state index contributed by atoms with van der Waals surface area (Å²) in [6.07, 6.45) is 1.34. The van der Waals surface area contributed by atoms with Gasteiger partial charge < -0.3 is 4.74 Å². The third-order valence-corrected chi connectivity index (χ3v) is 4.80. The number of benzene rings is 3. The Morgan fingerprint density at radius 3 is 1.97 bits per heavy atom. The summed E-state index contributed by atoms with van der Waals surface area (Å²) in [5.74, 6) is 4.27. The normalized spacial score (nSPS) is 10.9.